The van der Waals surface area contributed by atoms with Gasteiger partial charge in [0.2, 0.25) is 0 Å². The number of ether oxygens (including phenoxy) is 2. The van der Waals surface area contributed by atoms with Crippen LogP contribution in [0.2, 0.25) is 0 Å². The van der Waals surface area contributed by atoms with Crippen molar-refractivity contribution in [3.8, 4) is 0 Å². The van der Waals surface area contributed by atoms with Gasteiger partial charge in [-0.05, 0) is 44.4 Å². The Morgan fingerprint density at radius 2 is 1.75 bits per heavy atom. The van der Waals surface area contributed by atoms with Crippen LogP contribution in [0.4, 0.5) is 4.79 Å². The van der Waals surface area contributed by atoms with Crippen molar-refractivity contribution in [1.29, 1.82) is 0 Å². The van der Waals surface area contributed by atoms with Crippen molar-refractivity contribution >= 4 is 12.0 Å². The second-order valence-corrected chi connectivity index (χ2v) is 6.01. The zero-order valence-corrected chi connectivity index (χ0v) is 14.8. The van der Waals surface area contributed by atoms with Gasteiger partial charge in [0.15, 0.2) is 0 Å². The number of rotatable bonds is 5. The van der Waals surface area contributed by atoms with E-state index in [0.29, 0.717) is 17.9 Å². The Morgan fingerprint density at radius 1 is 1.12 bits per heavy atom. The van der Waals surface area contributed by atoms with Gasteiger partial charge in [0.1, 0.15) is 6.61 Å². The first-order valence-corrected chi connectivity index (χ1v) is 7.87. The monoisotopic (exact) mass is 332 g/mol. The molecule has 2 rings (SSSR count). The van der Waals surface area contributed by atoms with E-state index in [1.807, 2.05) is 32.9 Å². The molecule has 2 amide bonds. The number of amides is 2. The Balaban J connectivity index is 2.44. The molecule has 1 aliphatic rings. The number of benzene rings is 1. The van der Waals surface area contributed by atoms with E-state index in [1.165, 1.54) is 0 Å². The molecule has 0 radical (unpaired) electrons. The van der Waals surface area contributed by atoms with Gasteiger partial charge in [-0.3, -0.25) is 0 Å². The quantitative estimate of drug-likeness (QED) is 0.641. The zero-order valence-electron chi connectivity index (χ0n) is 14.8. The fourth-order valence-corrected chi connectivity index (χ4v) is 3.12. The largest absolute Gasteiger partial charge is 0.460 e. The van der Waals surface area contributed by atoms with Crippen molar-refractivity contribution in [1.82, 2.24) is 10.6 Å². The molecule has 1 aromatic rings. The lowest BCUT2D eigenvalue weighted by atomic mass is 9.88. The predicted octanol–water partition coefficient (Wildman–Crippen LogP) is 2.43. The summed E-state index contributed by atoms with van der Waals surface area (Å²) in [6, 6.07) is 3.22. The van der Waals surface area contributed by atoms with Crippen LogP contribution >= 0.6 is 0 Å². The average molecular weight is 332 g/mol. The van der Waals surface area contributed by atoms with E-state index in [2.05, 4.69) is 10.6 Å². The lowest BCUT2D eigenvalue weighted by Crippen LogP contribution is -2.45. The van der Waals surface area contributed by atoms with Crippen molar-refractivity contribution in [3.05, 3.63) is 45.7 Å². The minimum atomic E-state index is -0.533. The molecule has 1 aromatic carbocycles. The van der Waals surface area contributed by atoms with Crippen LogP contribution in [-0.4, -0.2) is 32.3 Å². The summed E-state index contributed by atoms with van der Waals surface area (Å²) >= 11 is 0. The van der Waals surface area contributed by atoms with E-state index >= 15 is 0 Å². The van der Waals surface area contributed by atoms with Crippen LogP contribution in [0.25, 0.3) is 0 Å². The van der Waals surface area contributed by atoms with Gasteiger partial charge in [-0.2, -0.15) is 0 Å². The van der Waals surface area contributed by atoms with Gasteiger partial charge in [-0.25, -0.2) is 9.59 Å². The highest BCUT2D eigenvalue weighted by Crippen LogP contribution is 2.32. The van der Waals surface area contributed by atoms with Gasteiger partial charge in [-0.1, -0.05) is 17.7 Å². The summed E-state index contributed by atoms with van der Waals surface area (Å²) in [5.41, 5.74) is 5.03. The van der Waals surface area contributed by atoms with Gasteiger partial charge in [0.25, 0.3) is 0 Å². The van der Waals surface area contributed by atoms with E-state index in [0.717, 1.165) is 22.3 Å². The number of hydrogen-bond donors (Lipinski definition) is 2. The molecular weight excluding hydrogens is 308 g/mol. The molecule has 0 aliphatic carbocycles. The SMILES string of the molecule is COCCOC(=O)C1=C(C)NC(=O)N[C@H]1c1c(C)cc(C)cc1C. The summed E-state index contributed by atoms with van der Waals surface area (Å²) in [7, 11) is 1.54. The lowest BCUT2D eigenvalue weighted by Gasteiger charge is -2.30. The van der Waals surface area contributed by atoms with Gasteiger partial charge >= 0.3 is 12.0 Å². The summed E-state index contributed by atoms with van der Waals surface area (Å²) < 4.78 is 10.2. The fourth-order valence-electron chi connectivity index (χ4n) is 3.12. The summed E-state index contributed by atoms with van der Waals surface area (Å²) in [4.78, 5) is 24.5. The molecule has 0 saturated heterocycles. The molecule has 130 valence electrons. The van der Waals surface area contributed by atoms with E-state index < -0.39 is 12.0 Å². The van der Waals surface area contributed by atoms with Crippen LogP contribution in [0.5, 0.6) is 0 Å². The normalized spacial score (nSPS) is 17.4. The Bertz CT molecular complexity index is 671. The van der Waals surface area contributed by atoms with Crippen LogP contribution in [0.3, 0.4) is 0 Å². The van der Waals surface area contributed by atoms with Gasteiger partial charge in [0.05, 0.1) is 18.2 Å². The smallest absolute Gasteiger partial charge is 0.338 e. The second-order valence-electron chi connectivity index (χ2n) is 6.01. The number of carbonyl (C=O) groups excluding carboxylic acids is 2. The number of esters is 1. The molecule has 0 fully saturated rings. The Hall–Kier alpha value is -2.34. The molecule has 0 bridgehead atoms. The van der Waals surface area contributed by atoms with E-state index in [4.69, 9.17) is 9.47 Å². The second kappa shape index (κ2) is 7.49. The minimum Gasteiger partial charge on any atom is -0.460 e. The third-order valence-corrected chi connectivity index (χ3v) is 4.04. The number of urea groups is 1. The summed E-state index contributed by atoms with van der Waals surface area (Å²) in [6.45, 7) is 8.17. The Kier molecular flexibility index (Phi) is 5.62. The standard InChI is InChI=1S/C18H24N2O4/c1-10-8-11(2)14(12(3)9-10)16-15(13(4)19-18(22)20-16)17(21)24-7-6-23-5/h8-9,16H,6-7H2,1-5H3,(H2,19,20,22)/t16-/m0/s1. The third kappa shape index (κ3) is 3.76. The first-order chi connectivity index (χ1) is 11.3. The number of aryl methyl sites for hydroxylation is 3. The van der Waals surface area contributed by atoms with E-state index in [1.54, 1.807) is 14.0 Å². The number of nitrogens with one attached hydrogen (secondary N) is 2. The van der Waals surface area contributed by atoms with Gasteiger partial charge in [-0.15, -0.1) is 0 Å². The van der Waals surface area contributed by atoms with Crippen LogP contribution in [0, 0.1) is 20.8 Å². The Morgan fingerprint density at radius 3 is 2.33 bits per heavy atom. The van der Waals surface area contributed by atoms with Gasteiger partial charge in [0, 0.05) is 12.8 Å². The van der Waals surface area contributed by atoms with Crippen LogP contribution in [0.1, 0.15) is 35.2 Å². The molecule has 0 unspecified atom stereocenters. The lowest BCUT2D eigenvalue weighted by molar-refractivity contribution is -0.140. The maximum Gasteiger partial charge on any atom is 0.338 e. The highest BCUT2D eigenvalue weighted by Gasteiger charge is 2.33. The van der Waals surface area contributed by atoms with Crippen molar-refractivity contribution in [2.45, 2.75) is 33.7 Å². The first kappa shape index (κ1) is 18.0. The minimum absolute atomic E-state index is 0.165. The highest BCUT2D eigenvalue weighted by molar-refractivity contribution is 5.95. The molecule has 1 heterocycles. The topological polar surface area (TPSA) is 76.7 Å². The summed E-state index contributed by atoms with van der Waals surface area (Å²) in [5, 5.41) is 5.49. The van der Waals surface area contributed by atoms with E-state index in [9.17, 15) is 9.59 Å². The van der Waals surface area contributed by atoms with E-state index in [-0.39, 0.29) is 12.6 Å². The van der Waals surface area contributed by atoms with Crippen molar-refractivity contribution in [2.24, 2.45) is 0 Å². The molecule has 1 aliphatic heterocycles. The summed E-state index contributed by atoms with van der Waals surface area (Å²) in [5.74, 6) is -0.457. The summed E-state index contributed by atoms with van der Waals surface area (Å²) in [6.07, 6.45) is 0. The predicted molar refractivity (Wildman–Crippen MR) is 90.6 cm³/mol. The number of methoxy groups -OCH3 is 1. The molecule has 6 heteroatoms. The van der Waals surface area contributed by atoms with Crippen molar-refractivity contribution in [2.75, 3.05) is 20.3 Å². The molecule has 0 aromatic heterocycles. The molecule has 0 spiro atoms. The number of hydrogen-bond acceptors (Lipinski definition) is 4. The molecule has 24 heavy (non-hydrogen) atoms. The number of carbonyl (C=O) groups is 2. The van der Waals surface area contributed by atoms with Crippen LogP contribution in [-0.2, 0) is 14.3 Å². The maximum atomic E-state index is 12.5. The average Bonchev–Trinajstić information content (AvgIpc) is 2.45. The van der Waals surface area contributed by atoms with Crippen LogP contribution in [0.15, 0.2) is 23.4 Å². The molecule has 0 saturated carbocycles. The number of allylic oxidation sites excluding steroid dienone is 1. The third-order valence-electron chi connectivity index (χ3n) is 4.04. The molecular formula is C18H24N2O4. The van der Waals surface area contributed by atoms with Crippen molar-refractivity contribution < 1.29 is 19.1 Å². The fraction of sp³-hybridized carbons (Fsp3) is 0.444. The molecule has 6 nitrogen and oxygen atoms in total. The Labute approximate surface area is 142 Å². The molecule has 1 atom stereocenters. The van der Waals surface area contributed by atoms with Crippen LogP contribution < -0.4 is 10.6 Å². The van der Waals surface area contributed by atoms with Gasteiger partial charge < -0.3 is 20.1 Å². The first-order valence-electron chi connectivity index (χ1n) is 7.87. The maximum absolute atomic E-state index is 12.5. The molecule has 2 N–H and O–H groups in total. The highest BCUT2D eigenvalue weighted by atomic mass is 16.6. The van der Waals surface area contributed by atoms with Crippen molar-refractivity contribution in [3.63, 3.8) is 0 Å². The zero-order chi connectivity index (χ0) is 17.9.